The molecule has 2 N–H and O–H groups in total. The standard InChI is InChI=1S/C12H15NO5S/c1-3-13-11(14)8(2)19(17,18)10-6-4-9(5-7-10)12(15)16/h4-8H,3H2,1-2H3,(H,13,14)(H,15,16). The minimum Gasteiger partial charge on any atom is -0.478 e. The molecule has 7 heteroatoms. The Morgan fingerprint density at radius 1 is 1.26 bits per heavy atom. The second-order valence-corrected chi connectivity index (χ2v) is 6.18. The van der Waals surface area contributed by atoms with Crippen molar-refractivity contribution in [3.8, 4) is 0 Å². The van der Waals surface area contributed by atoms with E-state index in [-0.39, 0.29) is 10.5 Å². The Labute approximate surface area is 111 Å². The number of carbonyl (C=O) groups excluding carboxylic acids is 1. The van der Waals surface area contributed by atoms with Crippen molar-refractivity contribution in [1.29, 1.82) is 0 Å². The number of hydrogen-bond donors (Lipinski definition) is 2. The van der Waals surface area contributed by atoms with E-state index >= 15 is 0 Å². The van der Waals surface area contributed by atoms with Crippen LogP contribution >= 0.6 is 0 Å². The SMILES string of the molecule is CCNC(=O)C(C)S(=O)(=O)c1ccc(C(=O)O)cc1. The largest absolute Gasteiger partial charge is 0.478 e. The number of benzene rings is 1. The Balaban J connectivity index is 3.06. The number of nitrogens with one attached hydrogen (secondary N) is 1. The summed E-state index contributed by atoms with van der Waals surface area (Å²) in [5.74, 6) is -1.72. The van der Waals surface area contributed by atoms with Crippen molar-refractivity contribution in [3.63, 3.8) is 0 Å². The zero-order valence-corrected chi connectivity index (χ0v) is 11.4. The predicted molar refractivity (Wildman–Crippen MR) is 68.7 cm³/mol. The molecule has 0 aromatic heterocycles. The molecular formula is C12H15NO5S. The zero-order valence-electron chi connectivity index (χ0n) is 10.6. The first-order valence-electron chi connectivity index (χ1n) is 5.65. The molecule has 0 spiro atoms. The summed E-state index contributed by atoms with van der Waals surface area (Å²) in [6, 6.07) is 4.77. The molecule has 0 bridgehead atoms. The Kier molecular flexibility index (Phi) is 4.66. The predicted octanol–water partition coefficient (Wildman–Crippen LogP) is 0.683. The number of amides is 1. The van der Waals surface area contributed by atoms with Gasteiger partial charge in [0.1, 0.15) is 5.25 Å². The van der Waals surface area contributed by atoms with E-state index in [9.17, 15) is 18.0 Å². The number of hydrogen-bond acceptors (Lipinski definition) is 4. The molecule has 0 saturated carbocycles. The topological polar surface area (TPSA) is 101 Å². The van der Waals surface area contributed by atoms with Gasteiger partial charge in [-0.2, -0.15) is 0 Å². The van der Waals surface area contributed by atoms with Crippen LogP contribution in [-0.2, 0) is 14.6 Å². The van der Waals surface area contributed by atoms with Gasteiger partial charge < -0.3 is 10.4 Å². The van der Waals surface area contributed by atoms with Crippen LogP contribution in [0.4, 0.5) is 0 Å². The van der Waals surface area contributed by atoms with Crippen LogP contribution < -0.4 is 5.32 Å². The number of carbonyl (C=O) groups is 2. The zero-order chi connectivity index (χ0) is 14.6. The highest BCUT2D eigenvalue weighted by molar-refractivity contribution is 7.92. The van der Waals surface area contributed by atoms with Gasteiger partial charge in [-0.25, -0.2) is 13.2 Å². The summed E-state index contributed by atoms with van der Waals surface area (Å²) < 4.78 is 24.2. The Bertz CT molecular complexity index is 577. The summed E-state index contributed by atoms with van der Waals surface area (Å²) in [6.45, 7) is 3.33. The van der Waals surface area contributed by atoms with Crippen LogP contribution in [0.3, 0.4) is 0 Å². The summed E-state index contributed by atoms with van der Waals surface area (Å²) in [7, 11) is -3.81. The normalized spacial score (nSPS) is 12.7. The van der Waals surface area contributed by atoms with E-state index in [1.165, 1.54) is 31.2 Å². The molecule has 0 aliphatic rings. The van der Waals surface area contributed by atoms with Crippen LogP contribution in [0.1, 0.15) is 24.2 Å². The third-order valence-corrected chi connectivity index (χ3v) is 4.69. The molecule has 19 heavy (non-hydrogen) atoms. The maximum Gasteiger partial charge on any atom is 0.335 e. The van der Waals surface area contributed by atoms with Gasteiger partial charge in [0.25, 0.3) is 0 Å². The van der Waals surface area contributed by atoms with Crippen molar-refractivity contribution in [2.24, 2.45) is 0 Å². The number of rotatable bonds is 5. The van der Waals surface area contributed by atoms with E-state index < -0.39 is 27.0 Å². The maximum absolute atomic E-state index is 12.1. The van der Waals surface area contributed by atoms with Gasteiger partial charge in [0.05, 0.1) is 10.5 Å². The molecule has 1 rings (SSSR count). The summed E-state index contributed by atoms with van der Waals surface area (Å²) in [6.07, 6.45) is 0. The van der Waals surface area contributed by atoms with Crippen molar-refractivity contribution in [3.05, 3.63) is 29.8 Å². The van der Waals surface area contributed by atoms with E-state index in [0.29, 0.717) is 6.54 Å². The lowest BCUT2D eigenvalue weighted by atomic mass is 10.2. The second-order valence-electron chi connectivity index (χ2n) is 3.91. The molecule has 0 aliphatic heterocycles. The molecule has 104 valence electrons. The first-order chi connectivity index (χ1) is 8.80. The van der Waals surface area contributed by atoms with Gasteiger partial charge in [-0.1, -0.05) is 0 Å². The Morgan fingerprint density at radius 2 is 1.79 bits per heavy atom. The van der Waals surface area contributed by atoms with Crippen molar-refractivity contribution in [2.75, 3.05) is 6.54 Å². The Hall–Kier alpha value is -1.89. The molecule has 1 atom stereocenters. The van der Waals surface area contributed by atoms with E-state index in [0.717, 1.165) is 0 Å². The van der Waals surface area contributed by atoms with Crippen LogP contribution in [0.2, 0.25) is 0 Å². The summed E-state index contributed by atoms with van der Waals surface area (Å²) in [5.41, 5.74) is -0.00962. The smallest absolute Gasteiger partial charge is 0.335 e. The maximum atomic E-state index is 12.1. The highest BCUT2D eigenvalue weighted by atomic mass is 32.2. The summed E-state index contributed by atoms with van der Waals surface area (Å²) in [4.78, 5) is 22.2. The van der Waals surface area contributed by atoms with Gasteiger partial charge in [0.2, 0.25) is 5.91 Å². The summed E-state index contributed by atoms with van der Waals surface area (Å²) >= 11 is 0. The summed E-state index contributed by atoms with van der Waals surface area (Å²) in [5, 5.41) is 9.95. The first-order valence-corrected chi connectivity index (χ1v) is 7.20. The van der Waals surface area contributed by atoms with E-state index in [2.05, 4.69) is 5.32 Å². The molecule has 1 aromatic carbocycles. The van der Waals surface area contributed by atoms with Crippen LogP contribution in [0, 0.1) is 0 Å². The molecule has 6 nitrogen and oxygen atoms in total. The highest BCUT2D eigenvalue weighted by Gasteiger charge is 2.29. The lowest BCUT2D eigenvalue weighted by Crippen LogP contribution is -2.37. The van der Waals surface area contributed by atoms with Crippen molar-refractivity contribution >= 4 is 21.7 Å². The number of carboxylic acid groups (broad SMARTS) is 1. The van der Waals surface area contributed by atoms with Gasteiger partial charge in [-0.15, -0.1) is 0 Å². The van der Waals surface area contributed by atoms with E-state index in [1.54, 1.807) is 6.92 Å². The van der Waals surface area contributed by atoms with Gasteiger partial charge in [0.15, 0.2) is 9.84 Å². The average molecular weight is 285 g/mol. The molecule has 0 radical (unpaired) electrons. The molecule has 0 saturated heterocycles. The lowest BCUT2D eigenvalue weighted by molar-refractivity contribution is -0.120. The van der Waals surface area contributed by atoms with Gasteiger partial charge in [-0.3, -0.25) is 4.79 Å². The van der Waals surface area contributed by atoms with Gasteiger partial charge in [-0.05, 0) is 38.1 Å². The molecule has 1 aromatic rings. The van der Waals surface area contributed by atoms with Crippen LogP contribution in [0.5, 0.6) is 0 Å². The Morgan fingerprint density at radius 3 is 2.21 bits per heavy atom. The molecule has 1 unspecified atom stereocenters. The van der Waals surface area contributed by atoms with Gasteiger partial charge in [0, 0.05) is 6.54 Å². The van der Waals surface area contributed by atoms with Crippen molar-refractivity contribution < 1.29 is 23.1 Å². The number of carboxylic acids is 1. The minimum atomic E-state index is -3.81. The monoisotopic (exact) mass is 285 g/mol. The third-order valence-electron chi connectivity index (χ3n) is 2.62. The van der Waals surface area contributed by atoms with Crippen LogP contribution in [0.25, 0.3) is 0 Å². The first kappa shape index (κ1) is 15.2. The fourth-order valence-electron chi connectivity index (χ4n) is 1.45. The van der Waals surface area contributed by atoms with E-state index in [1.807, 2.05) is 0 Å². The van der Waals surface area contributed by atoms with E-state index in [4.69, 9.17) is 5.11 Å². The molecule has 0 fully saturated rings. The molecular weight excluding hydrogens is 270 g/mol. The third kappa shape index (κ3) is 3.31. The van der Waals surface area contributed by atoms with Crippen LogP contribution in [0.15, 0.2) is 29.2 Å². The lowest BCUT2D eigenvalue weighted by Gasteiger charge is -2.12. The quantitative estimate of drug-likeness (QED) is 0.828. The van der Waals surface area contributed by atoms with Crippen molar-refractivity contribution in [1.82, 2.24) is 5.32 Å². The minimum absolute atomic E-state index is 0.00962. The van der Waals surface area contributed by atoms with Gasteiger partial charge >= 0.3 is 5.97 Å². The second kappa shape index (κ2) is 5.83. The van der Waals surface area contributed by atoms with Crippen molar-refractivity contribution in [2.45, 2.75) is 24.0 Å². The highest BCUT2D eigenvalue weighted by Crippen LogP contribution is 2.17. The number of sulfone groups is 1. The molecule has 1 amide bonds. The fourth-order valence-corrected chi connectivity index (χ4v) is 2.74. The fraction of sp³-hybridized carbons (Fsp3) is 0.333. The average Bonchev–Trinajstić information content (AvgIpc) is 2.38. The molecule has 0 heterocycles. The number of aromatic carboxylic acids is 1. The molecule has 0 aliphatic carbocycles. The van der Waals surface area contributed by atoms with Crippen LogP contribution in [-0.4, -0.2) is 37.2 Å².